The molecule has 0 radical (unpaired) electrons. The standard InChI is InChI=1S/C8H16O2/c1-2-3-4-5-6-7-8(9)10/h2-7H2,1H3,(H,9,10)/i1+1. The van der Waals surface area contributed by atoms with Crippen molar-refractivity contribution in [2.75, 3.05) is 0 Å². The molecule has 2 nitrogen and oxygen atoms in total. The fraction of sp³-hybridized carbons (Fsp3) is 0.875. The maximum atomic E-state index is 10.0. The molecule has 0 atom stereocenters. The van der Waals surface area contributed by atoms with Crippen molar-refractivity contribution < 1.29 is 9.90 Å². The van der Waals surface area contributed by atoms with E-state index in [9.17, 15) is 4.79 Å². The normalized spacial score (nSPS) is 9.70. The Balaban J connectivity index is 2.84. The average Bonchev–Trinajstić information content (AvgIpc) is 1.87. The molecule has 0 unspecified atom stereocenters. The molecule has 10 heavy (non-hydrogen) atoms. The van der Waals surface area contributed by atoms with Crippen LogP contribution in [0.3, 0.4) is 0 Å². The number of hydrogen-bond donors (Lipinski definition) is 1. The van der Waals surface area contributed by atoms with Crippen LogP contribution in [0.25, 0.3) is 0 Å². The van der Waals surface area contributed by atoms with Crippen LogP contribution in [0.15, 0.2) is 0 Å². The number of carboxylic acid groups (broad SMARTS) is 1. The van der Waals surface area contributed by atoms with E-state index in [1.54, 1.807) is 0 Å². The summed E-state index contributed by atoms with van der Waals surface area (Å²) in [5.74, 6) is -0.670. The summed E-state index contributed by atoms with van der Waals surface area (Å²) < 4.78 is 0. The van der Waals surface area contributed by atoms with Crippen LogP contribution in [-0.2, 0) is 4.79 Å². The summed E-state index contributed by atoms with van der Waals surface area (Å²) in [5.41, 5.74) is 0. The highest BCUT2D eigenvalue weighted by atomic mass is 16.4. The quantitative estimate of drug-likeness (QED) is 0.460. The van der Waals surface area contributed by atoms with Crippen LogP contribution in [0.4, 0.5) is 0 Å². The zero-order valence-electron chi connectivity index (χ0n) is 6.60. The number of rotatable bonds is 6. The number of carboxylic acids is 1. The summed E-state index contributed by atoms with van der Waals surface area (Å²) in [7, 11) is 0. The molecule has 0 rings (SSSR count). The van der Waals surface area contributed by atoms with Gasteiger partial charge in [0.1, 0.15) is 0 Å². The second-order valence-corrected chi connectivity index (χ2v) is 2.56. The Kier molecular flexibility index (Phi) is 6.24. The van der Waals surface area contributed by atoms with Gasteiger partial charge in [-0.05, 0) is 6.42 Å². The summed E-state index contributed by atoms with van der Waals surface area (Å²) in [6.45, 7) is 2.15. The Labute approximate surface area is 62.2 Å². The van der Waals surface area contributed by atoms with Gasteiger partial charge in [0, 0.05) is 6.42 Å². The van der Waals surface area contributed by atoms with Gasteiger partial charge in [-0.15, -0.1) is 0 Å². The second-order valence-electron chi connectivity index (χ2n) is 2.56. The molecule has 0 spiro atoms. The fourth-order valence-electron chi connectivity index (χ4n) is 0.880. The second kappa shape index (κ2) is 6.59. The molecule has 0 amide bonds. The predicted octanol–water partition coefficient (Wildman–Crippen LogP) is 2.43. The van der Waals surface area contributed by atoms with Gasteiger partial charge in [-0.1, -0.05) is 32.6 Å². The third kappa shape index (κ3) is 7.47. The van der Waals surface area contributed by atoms with Gasteiger partial charge in [-0.2, -0.15) is 0 Å². The third-order valence-electron chi connectivity index (χ3n) is 1.49. The number of carbonyl (C=O) groups is 1. The van der Waals surface area contributed by atoms with E-state index in [4.69, 9.17) is 5.11 Å². The molecule has 0 aliphatic heterocycles. The molecule has 0 aromatic rings. The minimum absolute atomic E-state index is 0.337. The first-order valence-corrected chi connectivity index (χ1v) is 3.99. The van der Waals surface area contributed by atoms with Crippen LogP contribution >= 0.6 is 0 Å². The van der Waals surface area contributed by atoms with Gasteiger partial charge < -0.3 is 5.11 Å². The van der Waals surface area contributed by atoms with Crippen molar-refractivity contribution in [2.45, 2.75) is 45.4 Å². The first-order valence-electron chi connectivity index (χ1n) is 3.99. The van der Waals surface area contributed by atoms with Crippen molar-refractivity contribution in [3.8, 4) is 0 Å². The molecule has 0 saturated heterocycles. The van der Waals surface area contributed by atoms with Gasteiger partial charge in [0.25, 0.3) is 0 Å². The van der Waals surface area contributed by atoms with E-state index in [0.29, 0.717) is 6.42 Å². The zero-order chi connectivity index (χ0) is 7.82. The van der Waals surface area contributed by atoms with Gasteiger partial charge in [-0.3, -0.25) is 4.79 Å². The largest absolute Gasteiger partial charge is 0.481 e. The van der Waals surface area contributed by atoms with Crippen LogP contribution in [0.2, 0.25) is 0 Å². The summed E-state index contributed by atoms with van der Waals surface area (Å²) in [6, 6.07) is 0. The molecule has 0 aliphatic carbocycles. The first-order chi connectivity index (χ1) is 4.77. The topological polar surface area (TPSA) is 37.3 Å². The molecule has 60 valence electrons. The van der Waals surface area contributed by atoms with Crippen molar-refractivity contribution in [3.05, 3.63) is 0 Å². The molecule has 1 N–H and O–H groups in total. The SMILES string of the molecule is [13CH3]CCCCCCC(=O)O. The molecule has 2 heteroatoms. The van der Waals surface area contributed by atoms with Gasteiger partial charge in [0.15, 0.2) is 0 Å². The van der Waals surface area contributed by atoms with E-state index >= 15 is 0 Å². The van der Waals surface area contributed by atoms with Crippen LogP contribution in [-0.4, -0.2) is 11.1 Å². The van der Waals surface area contributed by atoms with Crippen molar-refractivity contribution in [1.82, 2.24) is 0 Å². The highest BCUT2D eigenvalue weighted by Gasteiger charge is 1.94. The Morgan fingerprint density at radius 2 is 1.80 bits per heavy atom. The molecular formula is C8H16O2. The predicted molar refractivity (Wildman–Crippen MR) is 41.0 cm³/mol. The number of unbranched alkanes of at least 4 members (excludes halogenated alkanes) is 4. The molecule has 0 saturated carbocycles. The maximum absolute atomic E-state index is 10.0. The molecule has 0 aromatic carbocycles. The van der Waals surface area contributed by atoms with E-state index in [0.717, 1.165) is 12.8 Å². The zero-order valence-corrected chi connectivity index (χ0v) is 6.60. The van der Waals surface area contributed by atoms with Gasteiger partial charge in [-0.25, -0.2) is 0 Å². The number of aliphatic carboxylic acids is 1. The third-order valence-corrected chi connectivity index (χ3v) is 1.49. The monoisotopic (exact) mass is 145 g/mol. The van der Waals surface area contributed by atoms with Gasteiger partial charge in [0.2, 0.25) is 0 Å². The lowest BCUT2D eigenvalue weighted by Gasteiger charge is -1.95. The Morgan fingerprint density at radius 3 is 2.30 bits per heavy atom. The molecule has 0 aromatic heterocycles. The lowest BCUT2D eigenvalue weighted by molar-refractivity contribution is -0.137. The van der Waals surface area contributed by atoms with E-state index in [1.807, 2.05) is 0 Å². The van der Waals surface area contributed by atoms with Crippen molar-refractivity contribution in [3.63, 3.8) is 0 Å². The molecule has 0 fully saturated rings. The van der Waals surface area contributed by atoms with E-state index < -0.39 is 5.97 Å². The number of hydrogen-bond acceptors (Lipinski definition) is 1. The fourth-order valence-corrected chi connectivity index (χ4v) is 0.880. The van der Waals surface area contributed by atoms with Crippen LogP contribution in [0.5, 0.6) is 0 Å². The van der Waals surface area contributed by atoms with Crippen molar-refractivity contribution in [2.24, 2.45) is 0 Å². The first kappa shape index (κ1) is 9.47. The minimum Gasteiger partial charge on any atom is -0.481 e. The van der Waals surface area contributed by atoms with Crippen LogP contribution in [0, 0.1) is 0 Å². The van der Waals surface area contributed by atoms with E-state index in [-0.39, 0.29) is 0 Å². The molecule has 0 heterocycles. The Hall–Kier alpha value is -0.530. The Morgan fingerprint density at radius 1 is 1.20 bits per heavy atom. The molecular weight excluding hydrogens is 129 g/mol. The molecule has 0 bridgehead atoms. The average molecular weight is 145 g/mol. The molecule has 0 aliphatic rings. The maximum Gasteiger partial charge on any atom is 0.303 e. The highest BCUT2D eigenvalue weighted by molar-refractivity contribution is 5.66. The smallest absolute Gasteiger partial charge is 0.303 e. The van der Waals surface area contributed by atoms with Gasteiger partial charge >= 0.3 is 5.97 Å². The van der Waals surface area contributed by atoms with Crippen LogP contribution in [0.1, 0.15) is 45.4 Å². The van der Waals surface area contributed by atoms with E-state index in [1.165, 1.54) is 19.3 Å². The summed E-state index contributed by atoms with van der Waals surface area (Å²) in [4.78, 5) is 10.0. The Bertz CT molecular complexity index is 89.3. The lowest BCUT2D eigenvalue weighted by Crippen LogP contribution is -1.93. The summed E-state index contributed by atoms with van der Waals surface area (Å²) in [6.07, 6.45) is 5.88. The summed E-state index contributed by atoms with van der Waals surface area (Å²) >= 11 is 0. The minimum atomic E-state index is -0.670. The summed E-state index contributed by atoms with van der Waals surface area (Å²) in [5, 5.41) is 8.27. The van der Waals surface area contributed by atoms with Crippen molar-refractivity contribution >= 4 is 5.97 Å². The van der Waals surface area contributed by atoms with Gasteiger partial charge in [0.05, 0.1) is 0 Å². The van der Waals surface area contributed by atoms with Crippen LogP contribution < -0.4 is 0 Å². The van der Waals surface area contributed by atoms with E-state index in [2.05, 4.69) is 6.92 Å². The van der Waals surface area contributed by atoms with Crippen molar-refractivity contribution in [1.29, 1.82) is 0 Å². The highest BCUT2D eigenvalue weighted by Crippen LogP contribution is 2.04. The lowest BCUT2D eigenvalue weighted by atomic mass is 10.1.